The Morgan fingerprint density at radius 2 is 1.97 bits per heavy atom. The molecule has 0 bridgehead atoms. The number of aryl methyl sites for hydroxylation is 1. The van der Waals surface area contributed by atoms with Gasteiger partial charge in [-0.05, 0) is 62.0 Å². The molecule has 7 heteroatoms. The van der Waals surface area contributed by atoms with Gasteiger partial charge in [0.25, 0.3) is 5.91 Å². The van der Waals surface area contributed by atoms with Crippen molar-refractivity contribution in [2.24, 2.45) is 16.3 Å². The molecule has 6 nitrogen and oxygen atoms in total. The molecular weight excluding hydrogens is 407 g/mol. The van der Waals surface area contributed by atoms with E-state index in [2.05, 4.69) is 15.5 Å². The van der Waals surface area contributed by atoms with Gasteiger partial charge in [-0.3, -0.25) is 9.59 Å². The summed E-state index contributed by atoms with van der Waals surface area (Å²) in [5.74, 6) is -1.07. The first-order chi connectivity index (χ1) is 15.0. The Bertz CT molecular complexity index is 961. The number of likely N-dealkylation sites (tertiary alicyclic amines) is 1. The van der Waals surface area contributed by atoms with E-state index in [9.17, 15) is 14.0 Å². The number of nitrogens with zero attached hydrogens (tertiary/aromatic N) is 2. The van der Waals surface area contributed by atoms with Gasteiger partial charge in [-0.2, -0.15) is 0 Å². The summed E-state index contributed by atoms with van der Waals surface area (Å²) in [6.07, 6.45) is 2.85. The molecule has 2 aliphatic rings. The van der Waals surface area contributed by atoms with Gasteiger partial charge in [0, 0.05) is 25.1 Å². The lowest BCUT2D eigenvalue weighted by molar-refractivity contribution is -0.129. The van der Waals surface area contributed by atoms with Gasteiger partial charge >= 0.3 is 0 Å². The van der Waals surface area contributed by atoms with Crippen molar-refractivity contribution < 1.29 is 14.0 Å². The molecule has 2 amide bonds. The van der Waals surface area contributed by atoms with Crippen LogP contribution < -0.4 is 10.6 Å². The molecule has 1 fully saturated rings. The van der Waals surface area contributed by atoms with E-state index in [0.29, 0.717) is 23.5 Å². The predicted octanol–water partition coefficient (Wildman–Crippen LogP) is 3.20. The van der Waals surface area contributed by atoms with Gasteiger partial charge in [0.1, 0.15) is 17.6 Å². The number of likely N-dealkylation sites (N-methyl/N-ethyl adjacent to an activating group) is 2. The number of benzene rings is 1. The third kappa shape index (κ3) is 5.09. The number of fused-ring (bicyclic) bond motifs is 1. The molecule has 0 aromatic heterocycles. The van der Waals surface area contributed by atoms with Crippen LogP contribution in [-0.2, 0) is 9.59 Å². The molecular formula is C25H35FN4O2. The van der Waals surface area contributed by atoms with Gasteiger partial charge in [-0.1, -0.05) is 33.3 Å². The van der Waals surface area contributed by atoms with Gasteiger partial charge < -0.3 is 15.5 Å². The van der Waals surface area contributed by atoms with Crippen LogP contribution in [0.4, 0.5) is 4.39 Å². The maximum Gasteiger partial charge on any atom is 0.270 e. The van der Waals surface area contributed by atoms with E-state index in [-0.39, 0.29) is 23.5 Å². The largest absolute Gasteiger partial charge is 0.357 e. The van der Waals surface area contributed by atoms with Crippen LogP contribution in [0.1, 0.15) is 51.2 Å². The highest BCUT2D eigenvalue weighted by molar-refractivity contribution is 6.11. The molecule has 2 atom stereocenters. The summed E-state index contributed by atoms with van der Waals surface area (Å²) >= 11 is 0. The number of nitrogens with one attached hydrogen (secondary N) is 2. The molecule has 0 radical (unpaired) electrons. The van der Waals surface area contributed by atoms with Crippen LogP contribution in [0.2, 0.25) is 0 Å². The zero-order valence-corrected chi connectivity index (χ0v) is 20.0. The van der Waals surface area contributed by atoms with E-state index in [1.807, 2.05) is 40.8 Å². The monoisotopic (exact) mass is 442 g/mol. The lowest BCUT2D eigenvalue weighted by Crippen LogP contribution is -2.53. The summed E-state index contributed by atoms with van der Waals surface area (Å²) in [6.45, 7) is 9.09. The van der Waals surface area contributed by atoms with E-state index in [1.54, 1.807) is 13.1 Å². The van der Waals surface area contributed by atoms with E-state index < -0.39 is 11.5 Å². The third-order valence-electron chi connectivity index (χ3n) is 6.28. The van der Waals surface area contributed by atoms with Crippen molar-refractivity contribution in [1.82, 2.24) is 15.5 Å². The zero-order valence-electron chi connectivity index (χ0n) is 20.0. The second-order valence-electron chi connectivity index (χ2n) is 10.0. The fourth-order valence-electron chi connectivity index (χ4n) is 4.49. The summed E-state index contributed by atoms with van der Waals surface area (Å²) in [5.41, 5.74) is 2.65. The van der Waals surface area contributed by atoms with Crippen LogP contribution in [0.5, 0.6) is 0 Å². The Morgan fingerprint density at radius 1 is 1.25 bits per heavy atom. The Kier molecular flexibility index (Phi) is 7.18. The molecule has 1 aromatic carbocycles. The standard InChI is InChI=1S/C25H35FN4O2/c1-15-10-11-17(19(26)13-15)20-16-9-7-8-12-30(6)14-18(16)21(28-20)23(31)29-22(24(32)27-5)25(2,3)4/h10-11,13,16,22H,7-9,12,14H2,1-6H3,(H,27,32)(H,29,31)/t16?,22-/m1/s1. The van der Waals surface area contributed by atoms with Gasteiger partial charge in [-0.15, -0.1) is 0 Å². The van der Waals surface area contributed by atoms with Gasteiger partial charge in [0.15, 0.2) is 0 Å². The quantitative estimate of drug-likeness (QED) is 0.752. The first kappa shape index (κ1) is 24.1. The fraction of sp³-hybridized carbons (Fsp3) is 0.560. The highest BCUT2D eigenvalue weighted by Gasteiger charge is 2.38. The summed E-state index contributed by atoms with van der Waals surface area (Å²) in [4.78, 5) is 32.8. The van der Waals surface area contributed by atoms with Crippen LogP contribution in [0.3, 0.4) is 0 Å². The number of halogens is 1. The third-order valence-corrected chi connectivity index (χ3v) is 6.28. The second-order valence-corrected chi connectivity index (χ2v) is 10.0. The lowest BCUT2D eigenvalue weighted by atomic mass is 9.84. The molecule has 0 spiro atoms. The fourth-order valence-corrected chi connectivity index (χ4v) is 4.49. The van der Waals surface area contributed by atoms with Crippen molar-refractivity contribution in [2.75, 3.05) is 27.2 Å². The first-order valence-electron chi connectivity index (χ1n) is 11.3. The molecule has 2 aliphatic heterocycles. The Balaban J connectivity index is 2.04. The normalized spacial score (nSPS) is 20.7. The maximum atomic E-state index is 14.9. The smallest absolute Gasteiger partial charge is 0.270 e. The summed E-state index contributed by atoms with van der Waals surface area (Å²) < 4.78 is 14.9. The van der Waals surface area contributed by atoms with Crippen LogP contribution in [-0.4, -0.2) is 55.7 Å². The van der Waals surface area contributed by atoms with Crippen LogP contribution in [0, 0.1) is 24.1 Å². The molecule has 0 aliphatic carbocycles. The van der Waals surface area contributed by atoms with Crippen molar-refractivity contribution in [3.63, 3.8) is 0 Å². The van der Waals surface area contributed by atoms with Gasteiger partial charge in [-0.25, -0.2) is 9.38 Å². The maximum absolute atomic E-state index is 14.9. The number of rotatable bonds is 4. The van der Waals surface area contributed by atoms with Crippen molar-refractivity contribution in [3.8, 4) is 0 Å². The highest BCUT2D eigenvalue weighted by atomic mass is 19.1. The topological polar surface area (TPSA) is 73.8 Å². The van der Waals surface area contributed by atoms with E-state index >= 15 is 0 Å². The lowest BCUT2D eigenvalue weighted by Gasteiger charge is -2.30. The highest BCUT2D eigenvalue weighted by Crippen LogP contribution is 2.36. The molecule has 174 valence electrons. The molecule has 2 N–H and O–H groups in total. The molecule has 1 aromatic rings. The summed E-state index contributed by atoms with van der Waals surface area (Å²) in [6, 6.07) is 4.42. The Hall–Kier alpha value is -2.54. The SMILES string of the molecule is CNC(=O)[C@@H](NC(=O)C1=C2CN(C)CCCCC2C(c2ccc(C)cc2F)=N1)C(C)(C)C. The summed E-state index contributed by atoms with van der Waals surface area (Å²) in [7, 11) is 3.58. The van der Waals surface area contributed by atoms with Crippen molar-refractivity contribution in [3.05, 3.63) is 46.4 Å². The number of aliphatic imine (C=N–C) groups is 1. The second kappa shape index (κ2) is 9.53. The van der Waals surface area contributed by atoms with Crippen LogP contribution in [0.25, 0.3) is 0 Å². The molecule has 3 rings (SSSR count). The van der Waals surface area contributed by atoms with Crippen LogP contribution >= 0.6 is 0 Å². The molecule has 0 saturated carbocycles. The predicted molar refractivity (Wildman–Crippen MR) is 125 cm³/mol. The van der Waals surface area contributed by atoms with Crippen molar-refractivity contribution in [2.45, 2.75) is 53.0 Å². The minimum atomic E-state index is -0.715. The molecule has 2 heterocycles. The number of hydrogen-bond donors (Lipinski definition) is 2. The van der Waals surface area contributed by atoms with E-state index in [4.69, 9.17) is 4.99 Å². The Labute approximate surface area is 190 Å². The number of carbonyl (C=O) groups is 2. The minimum absolute atomic E-state index is 0.108. The molecule has 1 saturated heterocycles. The van der Waals surface area contributed by atoms with Gasteiger partial charge in [0.2, 0.25) is 5.91 Å². The average molecular weight is 443 g/mol. The van der Waals surface area contributed by atoms with E-state index in [1.165, 1.54) is 6.07 Å². The van der Waals surface area contributed by atoms with E-state index in [0.717, 1.165) is 36.9 Å². The number of carbonyl (C=O) groups excluding carboxylic acids is 2. The molecule has 32 heavy (non-hydrogen) atoms. The number of amides is 2. The van der Waals surface area contributed by atoms with Crippen LogP contribution in [0.15, 0.2) is 34.5 Å². The minimum Gasteiger partial charge on any atom is -0.357 e. The summed E-state index contributed by atoms with van der Waals surface area (Å²) in [5, 5.41) is 5.53. The van der Waals surface area contributed by atoms with Crippen molar-refractivity contribution in [1.29, 1.82) is 0 Å². The zero-order chi connectivity index (χ0) is 23.6. The van der Waals surface area contributed by atoms with Gasteiger partial charge in [0.05, 0.1) is 5.71 Å². The first-order valence-corrected chi connectivity index (χ1v) is 11.3. The van der Waals surface area contributed by atoms with Crippen molar-refractivity contribution >= 4 is 17.5 Å². The number of hydrogen-bond acceptors (Lipinski definition) is 4. The Morgan fingerprint density at radius 3 is 2.59 bits per heavy atom. The average Bonchev–Trinajstić information content (AvgIpc) is 3.03. The molecule has 1 unspecified atom stereocenters.